The number of carbonyl (C=O) groups is 1. The van der Waals surface area contributed by atoms with E-state index < -0.39 is 0 Å². The van der Waals surface area contributed by atoms with E-state index in [1.54, 1.807) is 0 Å². The van der Waals surface area contributed by atoms with E-state index in [-0.39, 0.29) is 12.5 Å². The van der Waals surface area contributed by atoms with E-state index in [2.05, 4.69) is 0 Å². The maximum Gasteiger partial charge on any atom is 0.236 e. The van der Waals surface area contributed by atoms with Crippen molar-refractivity contribution in [3.05, 3.63) is 0 Å². The number of amides is 1. The molecule has 0 spiro atoms. The molecular weight excluding hydrogens is 168 g/mol. The highest BCUT2D eigenvalue weighted by Gasteiger charge is 2.34. The first-order valence-corrected chi connectivity index (χ1v) is 4.87. The van der Waals surface area contributed by atoms with Crippen molar-refractivity contribution in [3.63, 3.8) is 0 Å². The molecule has 0 aromatic heterocycles. The largest absolute Gasteiger partial charge is 0.381 e. The Labute approximate surface area is 78.0 Å². The summed E-state index contributed by atoms with van der Waals surface area (Å²) in [4.78, 5) is 13.2. The van der Waals surface area contributed by atoms with Crippen LogP contribution in [0.15, 0.2) is 0 Å². The average Bonchev–Trinajstić information content (AvgIpc) is 2.63. The second-order valence-electron chi connectivity index (χ2n) is 3.89. The molecule has 2 rings (SSSR count). The molecule has 1 amide bonds. The SMILES string of the molecule is NCC(=O)N1CC[C@@H]2COC[C@H]2C1. The van der Waals surface area contributed by atoms with Gasteiger partial charge < -0.3 is 15.4 Å². The molecule has 4 nitrogen and oxygen atoms in total. The molecule has 0 bridgehead atoms. The van der Waals surface area contributed by atoms with Crippen LogP contribution in [0.25, 0.3) is 0 Å². The third kappa shape index (κ3) is 1.69. The van der Waals surface area contributed by atoms with Crippen LogP contribution in [0.2, 0.25) is 0 Å². The minimum absolute atomic E-state index is 0.0744. The van der Waals surface area contributed by atoms with E-state index in [0.29, 0.717) is 11.8 Å². The van der Waals surface area contributed by atoms with Gasteiger partial charge in [-0.25, -0.2) is 0 Å². The topological polar surface area (TPSA) is 55.6 Å². The van der Waals surface area contributed by atoms with Crippen LogP contribution in [-0.2, 0) is 9.53 Å². The van der Waals surface area contributed by atoms with Crippen molar-refractivity contribution < 1.29 is 9.53 Å². The van der Waals surface area contributed by atoms with Gasteiger partial charge in [0.25, 0.3) is 0 Å². The Bertz CT molecular complexity index is 208. The molecule has 0 radical (unpaired) electrons. The number of ether oxygens (including phenoxy) is 1. The Morgan fingerprint density at radius 2 is 2.23 bits per heavy atom. The smallest absolute Gasteiger partial charge is 0.236 e. The molecule has 0 aromatic carbocycles. The fraction of sp³-hybridized carbons (Fsp3) is 0.889. The van der Waals surface area contributed by atoms with Gasteiger partial charge >= 0.3 is 0 Å². The van der Waals surface area contributed by atoms with Gasteiger partial charge in [0.05, 0.1) is 13.2 Å². The minimum Gasteiger partial charge on any atom is -0.381 e. The fourth-order valence-electron chi connectivity index (χ4n) is 2.22. The number of nitrogens with two attached hydrogens (primary N) is 1. The number of hydrogen-bond acceptors (Lipinski definition) is 3. The van der Waals surface area contributed by atoms with E-state index in [0.717, 1.165) is 32.7 Å². The minimum atomic E-state index is 0.0744. The molecule has 0 aliphatic carbocycles. The summed E-state index contributed by atoms with van der Waals surface area (Å²) in [5, 5.41) is 0. The predicted molar refractivity (Wildman–Crippen MR) is 48.1 cm³/mol. The zero-order chi connectivity index (χ0) is 9.26. The van der Waals surface area contributed by atoms with Crippen LogP contribution in [0.5, 0.6) is 0 Å². The normalized spacial score (nSPS) is 33.2. The standard InChI is InChI=1S/C9H16N2O2/c10-3-9(12)11-2-1-7-5-13-6-8(7)4-11/h7-8H,1-6,10H2/t7-,8-/m1/s1. The lowest BCUT2D eigenvalue weighted by Crippen LogP contribution is -2.45. The van der Waals surface area contributed by atoms with Crippen molar-refractivity contribution in [1.82, 2.24) is 4.90 Å². The Kier molecular flexibility index (Phi) is 2.51. The van der Waals surface area contributed by atoms with Crippen LogP contribution >= 0.6 is 0 Å². The zero-order valence-corrected chi connectivity index (χ0v) is 7.74. The lowest BCUT2D eigenvalue weighted by Gasteiger charge is -2.33. The molecule has 2 aliphatic rings. The lowest BCUT2D eigenvalue weighted by atomic mass is 9.89. The van der Waals surface area contributed by atoms with Gasteiger partial charge in [-0.05, 0) is 12.3 Å². The molecule has 2 fully saturated rings. The Morgan fingerprint density at radius 3 is 3.00 bits per heavy atom. The van der Waals surface area contributed by atoms with E-state index in [1.165, 1.54) is 0 Å². The van der Waals surface area contributed by atoms with Gasteiger partial charge in [-0.3, -0.25) is 4.79 Å². The molecule has 74 valence electrons. The van der Waals surface area contributed by atoms with Gasteiger partial charge in [0, 0.05) is 25.6 Å². The molecule has 4 heteroatoms. The van der Waals surface area contributed by atoms with Gasteiger partial charge in [-0.15, -0.1) is 0 Å². The highest BCUT2D eigenvalue weighted by atomic mass is 16.5. The summed E-state index contributed by atoms with van der Waals surface area (Å²) in [5.74, 6) is 1.32. The molecule has 0 aromatic rings. The number of fused-ring (bicyclic) bond motifs is 1. The molecular formula is C9H16N2O2. The number of hydrogen-bond donors (Lipinski definition) is 1. The van der Waals surface area contributed by atoms with E-state index in [4.69, 9.17) is 10.5 Å². The van der Waals surface area contributed by atoms with Gasteiger partial charge in [-0.1, -0.05) is 0 Å². The van der Waals surface area contributed by atoms with E-state index in [9.17, 15) is 4.79 Å². The predicted octanol–water partition coefficient (Wildman–Crippen LogP) is -0.560. The van der Waals surface area contributed by atoms with Crippen molar-refractivity contribution in [2.45, 2.75) is 6.42 Å². The van der Waals surface area contributed by atoms with Crippen LogP contribution < -0.4 is 5.73 Å². The van der Waals surface area contributed by atoms with Crippen molar-refractivity contribution in [1.29, 1.82) is 0 Å². The Balaban J connectivity index is 1.93. The summed E-state index contributed by atoms with van der Waals surface area (Å²) in [6.07, 6.45) is 1.08. The first kappa shape index (κ1) is 8.97. The first-order valence-electron chi connectivity index (χ1n) is 4.87. The van der Waals surface area contributed by atoms with Gasteiger partial charge in [0.2, 0.25) is 5.91 Å². The van der Waals surface area contributed by atoms with Crippen molar-refractivity contribution in [2.75, 3.05) is 32.8 Å². The van der Waals surface area contributed by atoms with E-state index >= 15 is 0 Å². The molecule has 2 aliphatic heterocycles. The Morgan fingerprint density at radius 1 is 1.46 bits per heavy atom. The van der Waals surface area contributed by atoms with Gasteiger partial charge in [-0.2, -0.15) is 0 Å². The maximum absolute atomic E-state index is 11.3. The summed E-state index contributed by atoms with van der Waals surface area (Å²) in [5.41, 5.74) is 5.32. The summed E-state index contributed by atoms with van der Waals surface area (Å²) in [7, 11) is 0. The summed E-state index contributed by atoms with van der Waals surface area (Å²) < 4.78 is 5.38. The zero-order valence-electron chi connectivity index (χ0n) is 7.74. The molecule has 2 saturated heterocycles. The molecule has 2 N–H and O–H groups in total. The van der Waals surface area contributed by atoms with E-state index in [1.807, 2.05) is 4.90 Å². The fourth-order valence-corrected chi connectivity index (χ4v) is 2.22. The lowest BCUT2D eigenvalue weighted by molar-refractivity contribution is -0.131. The quantitative estimate of drug-likeness (QED) is 0.594. The van der Waals surface area contributed by atoms with Crippen LogP contribution in [0.4, 0.5) is 0 Å². The van der Waals surface area contributed by atoms with Crippen LogP contribution in [-0.4, -0.2) is 43.7 Å². The Hall–Kier alpha value is -0.610. The number of carbonyl (C=O) groups excluding carboxylic acids is 1. The van der Waals surface area contributed by atoms with Crippen molar-refractivity contribution in [2.24, 2.45) is 17.6 Å². The number of piperidine rings is 1. The molecule has 2 heterocycles. The second kappa shape index (κ2) is 3.64. The maximum atomic E-state index is 11.3. The van der Waals surface area contributed by atoms with Crippen molar-refractivity contribution in [3.8, 4) is 0 Å². The van der Waals surface area contributed by atoms with Crippen LogP contribution in [0.1, 0.15) is 6.42 Å². The van der Waals surface area contributed by atoms with Gasteiger partial charge in [0.15, 0.2) is 0 Å². The first-order chi connectivity index (χ1) is 6.31. The highest BCUT2D eigenvalue weighted by Crippen LogP contribution is 2.28. The summed E-state index contributed by atoms with van der Waals surface area (Å²) in [6, 6.07) is 0. The third-order valence-corrected chi connectivity index (χ3v) is 3.08. The highest BCUT2D eigenvalue weighted by molar-refractivity contribution is 5.78. The van der Waals surface area contributed by atoms with Crippen molar-refractivity contribution >= 4 is 5.91 Å². The molecule has 13 heavy (non-hydrogen) atoms. The molecule has 0 saturated carbocycles. The number of nitrogens with zero attached hydrogens (tertiary/aromatic N) is 1. The number of rotatable bonds is 1. The summed E-state index contributed by atoms with van der Waals surface area (Å²) >= 11 is 0. The van der Waals surface area contributed by atoms with Crippen LogP contribution in [0.3, 0.4) is 0 Å². The monoisotopic (exact) mass is 184 g/mol. The van der Waals surface area contributed by atoms with Crippen LogP contribution in [0, 0.1) is 11.8 Å². The van der Waals surface area contributed by atoms with Gasteiger partial charge in [0.1, 0.15) is 0 Å². The molecule has 2 atom stereocenters. The third-order valence-electron chi connectivity index (χ3n) is 3.08. The summed E-state index contributed by atoms with van der Waals surface area (Å²) in [6.45, 7) is 3.55. The molecule has 0 unspecified atom stereocenters. The number of likely N-dealkylation sites (tertiary alicyclic amines) is 1. The average molecular weight is 184 g/mol. The second-order valence-corrected chi connectivity index (χ2v) is 3.89.